The first-order chi connectivity index (χ1) is 14.1. The highest BCUT2D eigenvalue weighted by Gasteiger charge is 2.49. The number of urea groups is 1. The highest BCUT2D eigenvalue weighted by Crippen LogP contribution is 2.25. The molecule has 3 heterocycles. The number of hydrogen-bond acceptors (Lipinski definition) is 6. The summed E-state index contributed by atoms with van der Waals surface area (Å²) in [6.45, 7) is 8.07. The summed E-state index contributed by atoms with van der Waals surface area (Å²) in [5.74, 6) is 1.25. The number of aromatic nitrogens is 1. The predicted octanol–water partition coefficient (Wildman–Crippen LogP) is 2.81. The fourth-order valence-corrected chi connectivity index (χ4v) is 3.72. The maximum atomic E-state index is 12.9. The van der Waals surface area contributed by atoms with Crippen LogP contribution in [0.15, 0.2) is 23.3 Å². The van der Waals surface area contributed by atoms with Crippen LogP contribution < -0.4 is 10.6 Å². The molecule has 0 spiro atoms. The van der Waals surface area contributed by atoms with E-state index in [0.717, 1.165) is 37.2 Å². The predicted molar refractivity (Wildman–Crippen MR) is 114 cm³/mol. The summed E-state index contributed by atoms with van der Waals surface area (Å²) in [7, 11) is 0. The number of amides is 3. The molecule has 2 unspecified atom stereocenters. The van der Waals surface area contributed by atoms with Crippen molar-refractivity contribution in [2.75, 3.05) is 25.0 Å². The molecule has 2 atom stereocenters. The Kier molecular flexibility index (Phi) is 7.06. The smallest absolute Gasteiger partial charge is 0.328 e. The van der Waals surface area contributed by atoms with E-state index in [2.05, 4.69) is 22.5 Å². The Labute approximate surface area is 172 Å². The normalized spacial score (nSPS) is 21.1. The molecule has 1 aromatic heterocycles. The Morgan fingerprint density at radius 2 is 1.86 bits per heavy atom. The van der Waals surface area contributed by atoms with E-state index in [-0.39, 0.29) is 11.9 Å². The second kappa shape index (κ2) is 9.71. The molecule has 1 saturated heterocycles. The summed E-state index contributed by atoms with van der Waals surface area (Å²) in [5.41, 5.74) is 0.817. The summed E-state index contributed by atoms with van der Waals surface area (Å²) >= 11 is 0. The highest BCUT2D eigenvalue weighted by molar-refractivity contribution is 6.08. The number of anilines is 1. The van der Waals surface area contributed by atoms with E-state index in [1.54, 1.807) is 11.1 Å². The van der Waals surface area contributed by atoms with E-state index in [4.69, 9.17) is 4.99 Å². The quantitative estimate of drug-likeness (QED) is 0.590. The van der Waals surface area contributed by atoms with Gasteiger partial charge < -0.3 is 10.6 Å². The summed E-state index contributed by atoms with van der Waals surface area (Å²) < 4.78 is 0. The van der Waals surface area contributed by atoms with Crippen LogP contribution in [0.4, 0.5) is 10.6 Å². The van der Waals surface area contributed by atoms with Gasteiger partial charge in [0.25, 0.3) is 5.91 Å². The lowest BCUT2D eigenvalue weighted by Gasteiger charge is -2.40. The summed E-state index contributed by atoms with van der Waals surface area (Å²) in [4.78, 5) is 37.9. The van der Waals surface area contributed by atoms with Gasteiger partial charge >= 0.3 is 6.03 Å². The minimum atomic E-state index is -0.535. The van der Waals surface area contributed by atoms with Crippen LogP contribution in [0.2, 0.25) is 0 Å². The van der Waals surface area contributed by atoms with Crippen LogP contribution in [-0.2, 0) is 4.79 Å². The van der Waals surface area contributed by atoms with Crippen LogP contribution in [0, 0.1) is 0 Å². The van der Waals surface area contributed by atoms with Crippen molar-refractivity contribution >= 4 is 23.6 Å². The van der Waals surface area contributed by atoms with Crippen LogP contribution >= 0.6 is 0 Å². The van der Waals surface area contributed by atoms with Gasteiger partial charge in [0.15, 0.2) is 6.17 Å². The van der Waals surface area contributed by atoms with Crippen molar-refractivity contribution in [3.63, 3.8) is 0 Å². The molecule has 8 nitrogen and oxygen atoms in total. The maximum absolute atomic E-state index is 12.9. The zero-order chi connectivity index (χ0) is 20.8. The highest BCUT2D eigenvalue weighted by atomic mass is 16.2. The molecule has 2 aliphatic rings. The lowest BCUT2D eigenvalue weighted by atomic mass is 10.1. The van der Waals surface area contributed by atoms with E-state index < -0.39 is 12.2 Å². The first-order valence-corrected chi connectivity index (χ1v) is 10.8. The van der Waals surface area contributed by atoms with E-state index in [1.165, 1.54) is 17.7 Å². The van der Waals surface area contributed by atoms with Gasteiger partial charge in [0.2, 0.25) is 0 Å². The van der Waals surface area contributed by atoms with Gasteiger partial charge in [-0.15, -0.1) is 0 Å². The third kappa shape index (κ3) is 4.52. The maximum Gasteiger partial charge on any atom is 0.328 e. The van der Waals surface area contributed by atoms with Crippen molar-refractivity contribution < 1.29 is 9.59 Å². The zero-order valence-corrected chi connectivity index (χ0v) is 17.6. The van der Waals surface area contributed by atoms with E-state index in [1.807, 2.05) is 26.0 Å². The average Bonchev–Trinajstić information content (AvgIpc) is 3.18. The van der Waals surface area contributed by atoms with Gasteiger partial charge in [-0.2, -0.15) is 0 Å². The monoisotopic (exact) mass is 400 g/mol. The number of amidine groups is 1. The van der Waals surface area contributed by atoms with Crippen LogP contribution in [0.3, 0.4) is 0 Å². The molecule has 3 amide bonds. The number of aliphatic imine (C=N–C) groups is 1. The van der Waals surface area contributed by atoms with Gasteiger partial charge in [-0.3, -0.25) is 14.6 Å². The topological polar surface area (TPSA) is 89.9 Å². The summed E-state index contributed by atoms with van der Waals surface area (Å²) in [6.07, 6.45) is 6.32. The molecule has 29 heavy (non-hydrogen) atoms. The van der Waals surface area contributed by atoms with Gasteiger partial charge in [-0.25, -0.2) is 14.8 Å². The Hall–Kier alpha value is -2.64. The average molecular weight is 401 g/mol. The Morgan fingerprint density at radius 3 is 2.52 bits per heavy atom. The number of imide groups is 1. The van der Waals surface area contributed by atoms with Crippen molar-refractivity contribution in [1.82, 2.24) is 20.1 Å². The van der Waals surface area contributed by atoms with Crippen molar-refractivity contribution in [3.8, 4) is 0 Å². The van der Waals surface area contributed by atoms with Crippen molar-refractivity contribution in [2.45, 2.75) is 65.1 Å². The van der Waals surface area contributed by atoms with Crippen molar-refractivity contribution in [3.05, 3.63) is 23.9 Å². The molecule has 1 aromatic rings. The number of hydrogen-bond donors (Lipinski definition) is 2. The second-order valence-corrected chi connectivity index (χ2v) is 7.55. The third-order valence-corrected chi connectivity index (χ3v) is 5.21. The number of nitrogens with zero attached hydrogens (tertiary/aromatic N) is 4. The van der Waals surface area contributed by atoms with Gasteiger partial charge in [-0.05, 0) is 31.4 Å². The van der Waals surface area contributed by atoms with Gasteiger partial charge in [-0.1, -0.05) is 33.6 Å². The van der Waals surface area contributed by atoms with Crippen LogP contribution in [-0.4, -0.2) is 64.4 Å². The molecule has 1 fully saturated rings. The van der Waals surface area contributed by atoms with Crippen LogP contribution in [0.25, 0.3) is 0 Å². The number of carbonyl (C=O) groups excluding carboxylic acids is 2. The van der Waals surface area contributed by atoms with E-state index >= 15 is 0 Å². The molecular weight excluding hydrogens is 368 g/mol. The molecule has 2 aliphatic heterocycles. The Balaban J connectivity index is 1.74. The molecular formula is C21H32N6O2. The van der Waals surface area contributed by atoms with E-state index in [0.29, 0.717) is 18.9 Å². The molecule has 2 N–H and O–H groups in total. The molecule has 8 heteroatoms. The number of rotatable bonds is 10. The lowest BCUT2D eigenvalue weighted by Crippen LogP contribution is -2.65. The molecule has 0 aromatic carbocycles. The SMILES string of the molecule is CCCCCNc1ccc(C2=NC3C(N2)C(=O)N(CCC)C(=O)N3CCC)cn1. The fraction of sp³-hybridized carbons (Fsp3) is 0.619. The molecule has 0 radical (unpaired) electrons. The Morgan fingerprint density at radius 1 is 1.07 bits per heavy atom. The van der Waals surface area contributed by atoms with Crippen molar-refractivity contribution in [1.29, 1.82) is 0 Å². The van der Waals surface area contributed by atoms with Crippen LogP contribution in [0.5, 0.6) is 0 Å². The zero-order valence-electron chi connectivity index (χ0n) is 17.6. The number of carbonyl (C=O) groups is 2. The largest absolute Gasteiger partial charge is 0.370 e. The second-order valence-electron chi connectivity index (χ2n) is 7.55. The van der Waals surface area contributed by atoms with Gasteiger partial charge in [0, 0.05) is 31.4 Å². The van der Waals surface area contributed by atoms with E-state index in [9.17, 15) is 9.59 Å². The first-order valence-electron chi connectivity index (χ1n) is 10.8. The summed E-state index contributed by atoms with van der Waals surface area (Å²) in [6, 6.07) is 3.09. The molecule has 158 valence electrons. The minimum absolute atomic E-state index is 0.199. The number of pyridine rings is 1. The molecule has 0 saturated carbocycles. The number of nitrogens with one attached hydrogen (secondary N) is 2. The number of unbranched alkanes of at least 4 members (excludes halogenated alkanes) is 2. The third-order valence-electron chi connectivity index (χ3n) is 5.21. The van der Waals surface area contributed by atoms with Crippen LogP contribution in [0.1, 0.15) is 58.4 Å². The minimum Gasteiger partial charge on any atom is -0.370 e. The molecule has 0 bridgehead atoms. The standard InChI is InChI=1S/C21H32N6O2/c1-4-7-8-11-22-16-10-9-15(14-23-16)18-24-17-19(25-18)26(12-5-2)21(29)27(13-6-3)20(17)28/h9-10,14,17,19H,4-8,11-13H2,1-3H3,(H,22,23)(H,24,25). The summed E-state index contributed by atoms with van der Waals surface area (Å²) in [5, 5.41) is 6.56. The lowest BCUT2D eigenvalue weighted by molar-refractivity contribution is -0.134. The van der Waals surface area contributed by atoms with Gasteiger partial charge in [0.05, 0.1) is 0 Å². The fourth-order valence-electron chi connectivity index (χ4n) is 3.72. The van der Waals surface area contributed by atoms with Crippen molar-refractivity contribution in [2.24, 2.45) is 4.99 Å². The van der Waals surface area contributed by atoms with Gasteiger partial charge in [0.1, 0.15) is 17.7 Å². The Bertz CT molecular complexity index is 748. The number of fused-ring (bicyclic) bond motifs is 1. The molecule has 3 rings (SSSR count). The first kappa shape index (κ1) is 21.1. The molecule has 0 aliphatic carbocycles.